The molecule has 0 aliphatic carbocycles. The molecule has 2 aromatic carbocycles. The molecule has 1 fully saturated rings. The number of aryl methyl sites for hydroxylation is 1. The summed E-state index contributed by atoms with van der Waals surface area (Å²) >= 11 is 0. The Morgan fingerprint density at radius 2 is 1.84 bits per heavy atom. The summed E-state index contributed by atoms with van der Waals surface area (Å²) in [5.74, 6) is 0.584. The lowest BCUT2D eigenvalue weighted by atomic mass is 10.0. The van der Waals surface area contributed by atoms with Gasteiger partial charge in [-0.15, -0.1) is 10.2 Å². The van der Waals surface area contributed by atoms with Crippen molar-refractivity contribution >= 4 is 17.4 Å². The second kappa shape index (κ2) is 9.04. The van der Waals surface area contributed by atoms with Crippen LogP contribution >= 0.6 is 0 Å². The molecule has 1 aromatic heterocycles. The minimum absolute atomic E-state index is 0.0765. The number of rotatable bonds is 5. The van der Waals surface area contributed by atoms with Crippen molar-refractivity contribution in [3.05, 3.63) is 66.2 Å². The Balaban J connectivity index is 1.57. The van der Waals surface area contributed by atoms with Gasteiger partial charge in [-0.2, -0.15) is 0 Å². The Kier molecular flexibility index (Phi) is 6.02. The van der Waals surface area contributed by atoms with Gasteiger partial charge in [0.2, 0.25) is 5.91 Å². The number of aromatic nitrogens is 2. The second-order valence-corrected chi connectivity index (χ2v) is 7.85. The van der Waals surface area contributed by atoms with Gasteiger partial charge in [-0.25, -0.2) is 0 Å². The SMILES string of the molecule is CC(=O)N1CCN(c2cc(-c3ccccc3O)nnc2N)CC1CCc1ccccc1. The summed E-state index contributed by atoms with van der Waals surface area (Å²) in [6, 6.07) is 19.3. The number of amides is 1. The molecule has 7 heteroatoms. The van der Waals surface area contributed by atoms with Crippen molar-refractivity contribution < 1.29 is 9.90 Å². The maximum atomic E-state index is 12.2. The molecular weight excluding hydrogens is 390 g/mol. The smallest absolute Gasteiger partial charge is 0.219 e. The number of carbonyl (C=O) groups is 1. The number of nitrogen functional groups attached to an aromatic ring is 1. The van der Waals surface area contributed by atoms with Crippen LogP contribution in [0.15, 0.2) is 60.7 Å². The molecule has 31 heavy (non-hydrogen) atoms. The Labute approximate surface area is 182 Å². The predicted molar refractivity (Wildman–Crippen MR) is 122 cm³/mol. The van der Waals surface area contributed by atoms with Crippen molar-refractivity contribution in [2.24, 2.45) is 0 Å². The fourth-order valence-corrected chi connectivity index (χ4v) is 4.18. The van der Waals surface area contributed by atoms with Gasteiger partial charge < -0.3 is 20.6 Å². The highest BCUT2D eigenvalue weighted by atomic mass is 16.3. The minimum Gasteiger partial charge on any atom is -0.507 e. The molecule has 160 valence electrons. The molecule has 3 aromatic rings. The zero-order valence-electron chi connectivity index (χ0n) is 17.6. The van der Waals surface area contributed by atoms with Crippen molar-refractivity contribution in [3.8, 4) is 17.0 Å². The van der Waals surface area contributed by atoms with Crippen LogP contribution in [0.3, 0.4) is 0 Å². The lowest BCUT2D eigenvalue weighted by Crippen LogP contribution is -2.55. The Morgan fingerprint density at radius 3 is 2.58 bits per heavy atom. The third-order valence-corrected chi connectivity index (χ3v) is 5.82. The molecule has 1 aliphatic rings. The van der Waals surface area contributed by atoms with Gasteiger partial charge in [-0.05, 0) is 36.6 Å². The van der Waals surface area contributed by atoms with Gasteiger partial charge in [0.05, 0.1) is 11.4 Å². The molecule has 0 saturated carbocycles. The number of para-hydroxylation sites is 1. The number of anilines is 2. The number of piperazine rings is 1. The van der Waals surface area contributed by atoms with Gasteiger partial charge in [-0.3, -0.25) is 4.79 Å². The topological polar surface area (TPSA) is 95.6 Å². The Bertz CT molecular complexity index is 1060. The summed E-state index contributed by atoms with van der Waals surface area (Å²) in [5, 5.41) is 18.5. The highest BCUT2D eigenvalue weighted by Crippen LogP contribution is 2.32. The van der Waals surface area contributed by atoms with E-state index in [9.17, 15) is 9.90 Å². The van der Waals surface area contributed by atoms with Gasteiger partial charge in [0, 0.05) is 38.2 Å². The summed E-state index contributed by atoms with van der Waals surface area (Å²) in [6.07, 6.45) is 1.77. The van der Waals surface area contributed by atoms with Crippen LogP contribution in [-0.2, 0) is 11.2 Å². The van der Waals surface area contributed by atoms with Crippen LogP contribution in [0.2, 0.25) is 0 Å². The van der Waals surface area contributed by atoms with Crippen molar-refractivity contribution in [2.75, 3.05) is 30.3 Å². The van der Waals surface area contributed by atoms with E-state index in [4.69, 9.17) is 5.73 Å². The van der Waals surface area contributed by atoms with Crippen molar-refractivity contribution in [3.63, 3.8) is 0 Å². The summed E-state index contributed by atoms with van der Waals surface area (Å²) in [7, 11) is 0. The maximum absolute atomic E-state index is 12.2. The van der Waals surface area contributed by atoms with Gasteiger partial charge in [-0.1, -0.05) is 42.5 Å². The average Bonchev–Trinajstić information content (AvgIpc) is 2.79. The molecule has 1 amide bonds. The summed E-state index contributed by atoms with van der Waals surface area (Å²) in [4.78, 5) is 16.4. The molecular formula is C24H27N5O2. The van der Waals surface area contributed by atoms with Crippen LogP contribution in [0.5, 0.6) is 5.75 Å². The third kappa shape index (κ3) is 4.60. The molecule has 3 N–H and O–H groups in total. The molecule has 1 saturated heterocycles. The minimum atomic E-state index is 0.0765. The number of phenolic OH excluding ortho intramolecular Hbond substituents is 1. The van der Waals surface area contributed by atoms with Crippen molar-refractivity contribution in [1.82, 2.24) is 15.1 Å². The molecule has 1 aliphatic heterocycles. The van der Waals surface area contributed by atoms with Crippen LogP contribution in [0.4, 0.5) is 11.5 Å². The van der Waals surface area contributed by atoms with Crippen molar-refractivity contribution in [2.45, 2.75) is 25.8 Å². The zero-order valence-corrected chi connectivity index (χ0v) is 17.6. The van der Waals surface area contributed by atoms with E-state index in [1.807, 2.05) is 35.2 Å². The maximum Gasteiger partial charge on any atom is 0.219 e. The van der Waals surface area contributed by atoms with Gasteiger partial charge in [0.1, 0.15) is 5.75 Å². The summed E-state index contributed by atoms with van der Waals surface area (Å²) in [6.45, 7) is 3.59. The normalized spacial score (nSPS) is 16.4. The number of hydrogen-bond donors (Lipinski definition) is 2. The van der Waals surface area contributed by atoms with Crippen LogP contribution in [0.1, 0.15) is 18.9 Å². The van der Waals surface area contributed by atoms with E-state index in [1.54, 1.807) is 25.1 Å². The number of carbonyl (C=O) groups excluding carboxylic acids is 1. The first kappa shape index (κ1) is 20.7. The largest absolute Gasteiger partial charge is 0.507 e. The number of benzene rings is 2. The fraction of sp³-hybridized carbons (Fsp3) is 0.292. The average molecular weight is 418 g/mol. The Hall–Kier alpha value is -3.61. The lowest BCUT2D eigenvalue weighted by molar-refractivity contribution is -0.131. The molecule has 1 atom stereocenters. The van der Waals surface area contributed by atoms with Gasteiger partial charge in [0.15, 0.2) is 5.82 Å². The molecule has 0 radical (unpaired) electrons. The molecule has 0 bridgehead atoms. The standard InChI is InChI=1S/C24H27N5O2/c1-17(30)29-14-13-28(16-19(29)12-11-18-7-3-2-4-8-18)22-15-21(26-27-24(22)25)20-9-5-6-10-23(20)31/h2-10,15,19,31H,11-14,16H2,1H3,(H2,25,27). The molecule has 2 heterocycles. The van der Waals surface area contributed by atoms with Crippen LogP contribution in [0, 0.1) is 0 Å². The first-order valence-corrected chi connectivity index (χ1v) is 10.5. The van der Waals surface area contributed by atoms with Gasteiger partial charge >= 0.3 is 0 Å². The van der Waals surface area contributed by atoms with E-state index in [0.717, 1.165) is 18.5 Å². The number of hydrogen-bond acceptors (Lipinski definition) is 6. The number of nitrogens with zero attached hydrogens (tertiary/aromatic N) is 4. The van der Waals surface area contributed by atoms with Crippen LogP contribution in [0.25, 0.3) is 11.3 Å². The van der Waals surface area contributed by atoms with E-state index in [0.29, 0.717) is 36.7 Å². The quantitative estimate of drug-likeness (QED) is 0.662. The first-order valence-electron chi connectivity index (χ1n) is 10.5. The zero-order chi connectivity index (χ0) is 21.8. The van der Waals surface area contributed by atoms with E-state index in [2.05, 4.69) is 27.2 Å². The third-order valence-electron chi connectivity index (χ3n) is 5.82. The summed E-state index contributed by atoms with van der Waals surface area (Å²) in [5.41, 5.74) is 9.40. The highest BCUT2D eigenvalue weighted by molar-refractivity contribution is 5.76. The van der Waals surface area contributed by atoms with Crippen molar-refractivity contribution in [1.29, 1.82) is 0 Å². The Morgan fingerprint density at radius 1 is 1.10 bits per heavy atom. The molecule has 4 rings (SSSR count). The lowest BCUT2D eigenvalue weighted by Gasteiger charge is -2.42. The predicted octanol–water partition coefficient (Wildman–Crippen LogP) is 3.10. The summed E-state index contributed by atoms with van der Waals surface area (Å²) < 4.78 is 0. The fourth-order valence-electron chi connectivity index (χ4n) is 4.18. The number of phenols is 1. The monoisotopic (exact) mass is 417 g/mol. The molecule has 1 unspecified atom stereocenters. The van der Waals surface area contributed by atoms with E-state index >= 15 is 0 Å². The first-order chi connectivity index (χ1) is 15.0. The van der Waals surface area contributed by atoms with E-state index in [1.165, 1.54) is 5.56 Å². The van der Waals surface area contributed by atoms with E-state index in [-0.39, 0.29) is 17.7 Å². The van der Waals surface area contributed by atoms with E-state index < -0.39 is 0 Å². The molecule has 7 nitrogen and oxygen atoms in total. The second-order valence-electron chi connectivity index (χ2n) is 7.85. The van der Waals surface area contributed by atoms with Crippen LogP contribution in [-0.4, -0.2) is 51.8 Å². The van der Waals surface area contributed by atoms with Crippen LogP contribution < -0.4 is 10.6 Å². The highest BCUT2D eigenvalue weighted by Gasteiger charge is 2.30. The number of nitrogens with two attached hydrogens (primary N) is 1. The number of aromatic hydroxyl groups is 1. The molecule has 0 spiro atoms. The van der Waals surface area contributed by atoms with Gasteiger partial charge in [0.25, 0.3) is 0 Å².